The molecular formula is C69H41NO. The fourth-order valence-corrected chi connectivity index (χ4v) is 13.1. The number of nitrogens with zero attached hydrogens (tertiary/aromatic N) is 1. The normalized spacial score (nSPS) is 13.2. The zero-order valence-corrected chi connectivity index (χ0v) is 38.5. The molecule has 0 atom stereocenters. The highest BCUT2D eigenvalue weighted by atomic mass is 16.3. The average Bonchev–Trinajstić information content (AvgIpc) is 4.07. The Morgan fingerprint density at radius 2 is 0.761 bits per heavy atom. The Morgan fingerprint density at radius 1 is 0.268 bits per heavy atom. The second-order valence-corrected chi connectivity index (χ2v) is 19.4. The molecule has 0 unspecified atom stereocenters. The smallest absolute Gasteiger partial charge is 0.135 e. The van der Waals surface area contributed by atoms with Crippen LogP contribution in [0.5, 0.6) is 0 Å². The highest BCUT2D eigenvalue weighted by Gasteiger charge is 2.52. The molecule has 71 heavy (non-hydrogen) atoms. The van der Waals surface area contributed by atoms with Crippen molar-refractivity contribution >= 4 is 92.9 Å². The fourth-order valence-electron chi connectivity index (χ4n) is 13.1. The summed E-state index contributed by atoms with van der Waals surface area (Å²) in [4.78, 5) is 2.59. The Morgan fingerprint density at radius 3 is 1.42 bits per heavy atom. The van der Waals surface area contributed by atoms with E-state index in [9.17, 15) is 0 Å². The van der Waals surface area contributed by atoms with Crippen LogP contribution in [-0.2, 0) is 5.41 Å². The summed E-state index contributed by atoms with van der Waals surface area (Å²) in [5.41, 5.74) is 17.2. The van der Waals surface area contributed by atoms with E-state index >= 15 is 0 Å². The molecule has 2 heteroatoms. The molecule has 2 aliphatic rings. The number of rotatable bonds is 4. The van der Waals surface area contributed by atoms with Crippen LogP contribution >= 0.6 is 0 Å². The van der Waals surface area contributed by atoms with Crippen molar-refractivity contribution in [1.29, 1.82) is 0 Å². The molecule has 1 spiro atoms. The van der Waals surface area contributed by atoms with Gasteiger partial charge < -0.3 is 9.32 Å². The van der Waals surface area contributed by atoms with Gasteiger partial charge >= 0.3 is 0 Å². The number of benzene rings is 13. The van der Waals surface area contributed by atoms with Gasteiger partial charge in [-0.15, -0.1) is 0 Å². The van der Waals surface area contributed by atoms with Gasteiger partial charge in [-0.25, -0.2) is 0 Å². The van der Waals surface area contributed by atoms with Crippen LogP contribution in [0, 0.1) is 0 Å². The Labute approximate surface area is 409 Å². The van der Waals surface area contributed by atoms with Gasteiger partial charge in [-0.05, 0) is 147 Å². The molecule has 0 fully saturated rings. The third-order valence-corrected chi connectivity index (χ3v) is 16.0. The molecule has 13 aromatic carbocycles. The molecule has 2 aliphatic carbocycles. The number of anilines is 3. The molecule has 0 radical (unpaired) electrons. The molecule has 328 valence electrons. The molecule has 1 aromatic heterocycles. The van der Waals surface area contributed by atoms with Crippen molar-refractivity contribution in [3.05, 3.63) is 271 Å². The van der Waals surface area contributed by atoms with Crippen LogP contribution in [0.2, 0.25) is 0 Å². The molecule has 16 rings (SSSR count). The van der Waals surface area contributed by atoms with E-state index in [1.165, 1.54) is 98.4 Å². The number of fused-ring (bicyclic) bond motifs is 22. The maximum Gasteiger partial charge on any atom is 0.135 e. The molecule has 0 saturated heterocycles. The molecular weight excluding hydrogens is 859 g/mol. The standard InChI is InChI=1S/C69H41NO/c1-2-18-45-42(17-1)38-65(55-27-8-7-19-46(45)55)70(44-34-35-51-49-22-4-3-20-47(49)48-21-5-6-23-50(48)58(51)39-44)66-41-64-59(40-57(66)43-33-36-68-60(37-43)56-28-12-16-32-67(56)71-68)54-26-11-15-31-63(54)69(64)61-29-13-9-24-52(61)53-25-10-14-30-62(53)69/h1-41H. The Bertz CT molecular complexity index is 4530. The summed E-state index contributed by atoms with van der Waals surface area (Å²) in [6, 6.07) is 92.9. The van der Waals surface area contributed by atoms with Gasteiger partial charge in [0, 0.05) is 27.4 Å². The van der Waals surface area contributed by atoms with Gasteiger partial charge in [-0.1, -0.05) is 200 Å². The van der Waals surface area contributed by atoms with Gasteiger partial charge in [0.15, 0.2) is 0 Å². The minimum absolute atomic E-state index is 0.549. The lowest BCUT2D eigenvalue weighted by Gasteiger charge is -2.34. The number of hydrogen-bond acceptors (Lipinski definition) is 2. The van der Waals surface area contributed by atoms with Gasteiger partial charge in [0.05, 0.1) is 16.8 Å². The molecule has 14 aromatic rings. The van der Waals surface area contributed by atoms with Crippen LogP contribution in [0.25, 0.3) is 109 Å². The predicted octanol–water partition coefficient (Wildman–Crippen LogP) is 18.8. The molecule has 1 heterocycles. The SMILES string of the molecule is c1ccc2c(c1)-c1ccccc1C21c2ccccc2-c2cc(-c3ccc4oc5ccccc5c4c3)c(N(c3ccc4c5ccccc5c5ccccc5c4c3)c3cc4ccccc4c4ccccc34)cc21. The van der Waals surface area contributed by atoms with Crippen molar-refractivity contribution in [2.45, 2.75) is 5.41 Å². The van der Waals surface area contributed by atoms with Crippen LogP contribution in [0.3, 0.4) is 0 Å². The molecule has 0 aliphatic heterocycles. The van der Waals surface area contributed by atoms with Crippen molar-refractivity contribution in [3.8, 4) is 33.4 Å². The molecule has 0 amide bonds. The second kappa shape index (κ2) is 14.4. The zero-order chi connectivity index (χ0) is 46.4. The summed E-state index contributed by atoms with van der Waals surface area (Å²) in [7, 11) is 0. The maximum atomic E-state index is 6.50. The highest BCUT2D eigenvalue weighted by molar-refractivity contribution is 6.26. The summed E-state index contributed by atoms with van der Waals surface area (Å²) in [6.07, 6.45) is 0. The van der Waals surface area contributed by atoms with E-state index in [4.69, 9.17) is 4.42 Å². The summed E-state index contributed by atoms with van der Waals surface area (Å²) in [6.45, 7) is 0. The number of hydrogen-bond donors (Lipinski definition) is 0. The van der Waals surface area contributed by atoms with Gasteiger partial charge in [0.2, 0.25) is 0 Å². The van der Waals surface area contributed by atoms with E-state index < -0.39 is 5.41 Å². The Kier molecular flexibility index (Phi) is 7.85. The van der Waals surface area contributed by atoms with E-state index in [1.54, 1.807) is 0 Å². The minimum atomic E-state index is -0.549. The summed E-state index contributed by atoms with van der Waals surface area (Å²) >= 11 is 0. The number of furan rings is 1. The first-order valence-corrected chi connectivity index (χ1v) is 24.7. The molecule has 2 nitrogen and oxygen atoms in total. The van der Waals surface area contributed by atoms with Crippen LogP contribution in [-0.4, -0.2) is 0 Å². The van der Waals surface area contributed by atoms with Crippen molar-refractivity contribution in [2.75, 3.05) is 4.90 Å². The largest absolute Gasteiger partial charge is 0.456 e. The monoisotopic (exact) mass is 899 g/mol. The topological polar surface area (TPSA) is 16.4 Å². The lowest BCUT2D eigenvalue weighted by molar-refractivity contribution is 0.669. The van der Waals surface area contributed by atoms with Crippen LogP contribution in [0.15, 0.2) is 253 Å². The van der Waals surface area contributed by atoms with Crippen LogP contribution < -0.4 is 4.90 Å². The zero-order valence-electron chi connectivity index (χ0n) is 38.5. The fraction of sp³-hybridized carbons (Fsp3) is 0.0145. The van der Waals surface area contributed by atoms with Gasteiger partial charge in [0.1, 0.15) is 11.2 Å². The summed E-state index contributed by atoms with van der Waals surface area (Å²) < 4.78 is 6.50. The summed E-state index contributed by atoms with van der Waals surface area (Å²) in [5, 5.41) is 14.6. The summed E-state index contributed by atoms with van der Waals surface area (Å²) in [5.74, 6) is 0. The van der Waals surface area contributed by atoms with E-state index in [0.717, 1.165) is 50.1 Å². The van der Waals surface area contributed by atoms with E-state index in [2.05, 4.69) is 254 Å². The quantitative estimate of drug-likeness (QED) is 0.164. The maximum absolute atomic E-state index is 6.50. The van der Waals surface area contributed by atoms with E-state index in [0.29, 0.717) is 0 Å². The van der Waals surface area contributed by atoms with Gasteiger partial charge in [-0.2, -0.15) is 0 Å². The molecule has 0 saturated carbocycles. The molecule has 0 bridgehead atoms. The molecule has 0 N–H and O–H groups in total. The Balaban J connectivity index is 1.09. The van der Waals surface area contributed by atoms with Gasteiger partial charge in [0.25, 0.3) is 0 Å². The minimum Gasteiger partial charge on any atom is -0.456 e. The Hall–Kier alpha value is -9.24. The van der Waals surface area contributed by atoms with Crippen molar-refractivity contribution < 1.29 is 4.42 Å². The van der Waals surface area contributed by atoms with Crippen LogP contribution in [0.1, 0.15) is 22.3 Å². The third kappa shape index (κ3) is 5.21. The average molecular weight is 900 g/mol. The second-order valence-electron chi connectivity index (χ2n) is 19.4. The van der Waals surface area contributed by atoms with Crippen LogP contribution in [0.4, 0.5) is 17.1 Å². The van der Waals surface area contributed by atoms with Crippen molar-refractivity contribution in [1.82, 2.24) is 0 Å². The predicted molar refractivity (Wildman–Crippen MR) is 298 cm³/mol. The lowest BCUT2D eigenvalue weighted by Crippen LogP contribution is -2.26. The van der Waals surface area contributed by atoms with Crippen molar-refractivity contribution in [3.63, 3.8) is 0 Å². The van der Waals surface area contributed by atoms with Crippen molar-refractivity contribution in [2.24, 2.45) is 0 Å². The third-order valence-electron chi connectivity index (χ3n) is 16.0. The number of para-hydroxylation sites is 1. The first-order valence-electron chi connectivity index (χ1n) is 24.7. The lowest BCUT2D eigenvalue weighted by atomic mass is 9.70. The van der Waals surface area contributed by atoms with E-state index in [-0.39, 0.29) is 0 Å². The van der Waals surface area contributed by atoms with E-state index in [1.807, 2.05) is 0 Å². The first-order chi connectivity index (χ1) is 35.2. The van der Waals surface area contributed by atoms with Gasteiger partial charge in [-0.3, -0.25) is 0 Å². The highest BCUT2D eigenvalue weighted by Crippen LogP contribution is 2.64. The first kappa shape index (κ1) is 38.7.